The lowest BCUT2D eigenvalue weighted by Gasteiger charge is -2.31. The second kappa shape index (κ2) is 3.76. The van der Waals surface area contributed by atoms with E-state index in [1.807, 2.05) is 0 Å². The minimum atomic E-state index is -1.12. The zero-order valence-electron chi connectivity index (χ0n) is 8.04. The van der Waals surface area contributed by atoms with Gasteiger partial charge in [0, 0.05) is 12.0 Å². The summed E-state index contributed by atoms with van der Waals surface area (Å²) in [7, 11) is 0. The summed E-state index contributed by atoms with van der Waals surface area (Å²) in [5, 5.41) is 9.74. The van der Waals surface area contributed by atoms with Gasteiger partial charge in [0.1, 0.15) is 6.17 Å². The van der Waals surface area contributed by atoms with Crippen molar-refractivity contribution in [1.82, 2.24) is 0 Å². The van der Waals surface area contributed by atoms with Gasteiger partial charge in [0.25, 0.3) is 0 Å². The highest BCUT2D eigenvalue weighted by Crippen LogP contribution is 2.37. The molecule has 0 spiro atoms. The van der Waals surface area contributed by atoms with Gasteiger partial charge in [0.05, 0.1) is 6.10 Å². The molecule has 1 aliphatic carbocycles. The molecule has 0 bridgehead atoms. The summed E-state index contributed by atoms with van der Waals surface area (Å²) in [6.45, 7) is 5.05. The van der Waals surface area contributed by atoms with Crippen LogP contribution >= 0.6 is 0 Å². The van der Waals surface area contributed by atoms with Crippen molar-refractivity contribution in [1.29, 1.82) is 0 Å². The fourth-order valence-corrected chi connectivity index (χ4v) is 1.57. The lowest BCUT2D eigenvalue weighted by Crippen LogP contribution is -2.50. The van der Waals surface area contributed by atoms with Crippen LogP contribution in [0.5, 0.6) is 0 Å². The number of aliphatic hydroxyl groups excluding tert-OH is 1. The molecular formula is C10H18FNO. The first kappa shape index (κ1) is 10.7. The highest BCUT2D eigenvalue weighted by molar-refractivity contribution is 4.99. The van der Waals surface area contributed by atoms with Gasteiger partial charge in [-0.15, -0.1) is 6.58 Å². The summed E-state index contributed by atoms with van der Waals surface area (Å²) in [5.41, 5.74) is 5.02. The third-order valence-corrected chi connectivity index (χ3v) is 2.63. The Bertz CT molecular complexity index is 189. The van der Waals surface area contributed by atoms with E-state index in [4.69, 9.17) is 5.73 Å². The average molecular weight is 187 g/mol. The SMILES string of the molecule is C=CC(F)C[C@@](C)(N)C(O)C1CC1. The van der Waals surface area contributed by atoms with Gasteiger partial charge in [-0.05, 0) is 25.7 Å². The molecule has 2 unspecified atom stereocenters. The summed E-state index contributed by atoms with van der Waals surface area (Å²) in [6.07, 6.45) is 1.70. The van der Waals surface area contributed by atoms with Crippen LogP contribution in [0.1, 0.15) is 26.2 Å². The van der Waals surface area contributed by atoms with Gasteiger partial charge in [-0.25, -0.2) is 4.39 Å². The summed E-state index contributed by atoms with van der Waals surface area (Å²) >= 11 is 0. The Morgan fingerprint density at radius 3 is 2.69 bits per heavy atom. The van der Waals surface area contributed by atoms with Crippen molar-refractivity contribution in [2.45, 2.75) is 44.0 Å². The van der Waals surface area contributed by atoms with E-state index >= 15 is 0 Å². The van der Waals surface area contributed by atoms with E-state index < -0.39 is 17.8 Å². The molecule has 0 radical (unpaired) electrons. The molecule has 2 nitrogen and oxygen atoms in total. The lowest BCUT2D eigenvalue weighted by molar-refractivity contribution is 0.0590. The van der Waals surface area contributed by atoms with E-state index in [1.165, 1.54) is 6.08 Å². The maximum atomic E-state index is 13.0. The Hall–Kier alpha value is -0.410. The maximum Gasteiger partial charge on any atom is 0.120 e. The van der Waals surface area contributed by atoms with Gasteiger partial charge >= 0.3 is 0 Å². The van der Waals surface area contributed by atoms with E-state index in [2.05, 4.69) is 6.58 Å². The molecule has 1 aliphatic rings. The van der Waals surface area contributed by atoms with Gasteiger partial charge in [-0.2, -0.15) is 0 Å². The first-order chi connectivity index (χ1) is 5.97. The van der Waals surface area contributed by atoms with Crippen LogP contribution in [-0.4, -0.2) is 22.9 Å². The van der Waals surface area contributed by atoms with Crippen molar-refractivity contribution in [3.05, 3.63) is 12.7 Å². The zero-order valence-corrected chi connectivity index (χ0v) is 8.04. The van der Waals surface area contributed by atoms with Crippen molar-refractivity contribution >= 4 is 0 Å². The molecule has 1 rings (SSSR count). The first-order valence-corrected chi connectivity index (χ1v) is 4.71. The Morgan fingerprint density at radius 1 is 1.77 bits per heavy atom. The molecule has 3 N–H and O–H groups in total. The van der Waals surface area contributed by atoms with Crippen LogP contribution in [0.4, 0.5) is 4.39 Å². The van der Waals surface area contributed by atoms with Crippen molar-refractivity contribution in [2.24, 2.45) is 11.7 Å². The molecule has 1 saturated carbocycles. The molecule has 0 aromatic carbocycles. The summed E-state index contributed by atoms with van der Waals surface area (Å²) in [6, 6.07) is 0. The van der Waals surface area contributed by atoms with Gasteiger partial charge in [-0.1, -0.05) is 6.08 Å². The average Bonchev–Trinajstić information content (AvgIpc) is 2.84. The molecule has 0 aliphatic heterocycles. The number of aliphatic hydroxyl groups is 1. The number of allylic oxidation sites excluding steroid dienone is 1. The minimum Gasteiger partial charge on any atom is -0.391 e. The molecule has 3 heteroatoms. The zero-order chi connectivity index (χ0) is 10.1. The van der Waals surface area contributed by atoms with Crippen LogP contribution in [0, 0.1) is 5.92 Å². The summed E-state index contributed by atoms with van der Waals surface area (Å²) in [4.78, 5) is 0. The topological polar surface area (TPSA) is 46.2 Å². The molecular weight excluding hydrogens is 169 g/mol. The molecule has 0 saturated heterocycles. The smallest absolute Gasteiger partial charge is 0.120 e. The Morgan fingerprint density at radius 2 is 2.31 bits per heavy atom. The van der Waals surface area contributed by atoms with Crippen molar-refractivity contribution in [3.8, 4) is 0 Å². The molecule has 0 amide bonds. The van der Waals surface area contributed by atoms with Crippen LogP contribution in [-0.2, 0) is 0 Å². The van der Waals surface area contributed by atoms with Crippen LogP contribution in [0.3, 0.4) is 0 Å². The second-order valence-corrected chi connectivity index (χ2v) is 4.24. The molecule has 1 fully saturated rings. The van der Waals surface area contributed by atoms with E-state index in [9.17, 15) is 9.50 Å². The number of rotatable bonds is 5. The maximum absolute atomic E-state index is 13.0. The largest absolute Gasteiger partial charge is 0.391 e. The monoisotopic (exact) mass is 187 g/mol. The second-order valence-electron chi connectivity index (χ2n) is 4.24. The number of hydrogen-bond acceptors (Lipinski definition) is 2. The predicted molar refractivity (Wildman–Crippen MR) is 51.0 cm³/mol. The van der Waals surface area contributed by atoms with E-state index in [0.717, 1.165) is 12.8 Å². The Balaban J connectivity index is 2.47. The number of alkyl halides is 1. The molecule has 0 heterocycles. The summed E-state index contributed by atoms with van der Waals surface area (Å²) in [5.74, 6) is 0.284. The van der Waals surface area contributed by atoms with Gasteiger partial charge in [-0.3, -0.25) is 0 Å². The molecule has 3 atom stereocenters. The van der Waals surface area contributed by atoms with Gasteiger partial charge in [0.15, 0.2) is 0 Å². The molecule has 0 aromatic heterocycles. The van der Waals surface area contributed by atoms with Crippen molar-refractivity contribution in [2.75, 3.05) is 0 Å². The fraction of sp³-hybridized carbons (Fsp3) is 0.800. The fourth-order valence-electron chi connectivity index (χ4n) is 1.57. The van der Waals surface area contributed by atoms with E-state index in [-0.39, 0.29) is 12.3 Å². The standard InChI is InChI=1S/C10H18FNO/c1-3-8(11)6-10(2,12)9(13)7-4-5-7/h3,7-9,13H,1,4-6,12H2,2H3/t8?,9?,10-/m1/s1. The van der Waals surface area contributed by atoms with Gasteiger partial charge in [0.2, 0.25) is 0 Å². The molecule has 13 heavy (non-hydrogen) atoms. The Kier molecular flexibility index (Phi) is 3.09. The molecule has 76 valence electrons. The molecule has 0 aromatic rings. The van der Waals surface area contributed by atoms with E-state index in [1.54, 1.807) is 6.92 Å². The van der Waals surface area contributed by atoms with E-state index in [0.29, 0.717) is 0 Å². The Labute approximate surface area is 78.6 Å². The highest BCUT2D eigenvalue weighted by Gasteiger charge is 2.41. The van der Waals surface area contributed by atoms with Crippen LogP contribution in [0.25, 0.3) is 0 Å². The summed E-state index contributed by atoms with van der Waals surface area (Å²) < 4.78 is 13.0. The third-order valence-electron chi connectivity index (χ3n) is 2.63. The number of nitrogens with two attached hydrogens (primary N) is 1. The van der Waals surface area contributed by atoms with Gasteiger partial charge < -0.3 is 10.8 Å². The first-order valence-electron chi connectivity index (χ1n) is 4.71. The van der Waals surface area contributed by atoms with Crippen LogP contribution in [0.2, 0.25) is 0 Å². The number of halogens is 1. The van der Waals surface area contributed by atoms with Crippen LogP contribution < -0.4 is 5.73 Å². The van der Waals surface area contributed by atoms with Crippen molar-refractivity contribution in [3.63, 3.8) is 0 Å². The van der Waals surface area contributed by atoms with Crippen LogP contribution in [0.15, 0.2) is 12.7 Å². The third kappa shape index (κ3) is 2.78. The normalized spacial score (nSPS) is 26.2. The quantitative estimate of drug-likeness (QED) is 0.639. The van der Waals surface area contributed by atoms with Crippen molar-refractivity contribution < 1.29 is 9.50 Å². The predicted octanol–water partition coefficient (Wildman–Crippen LogP) is 1.39. The highest BCUT2D eigenvalue weighted by atomic mass is 19.1. The minimum absolute atomic E-state index is 0.147. The number of hydrogen-bond donors (Lipinski definition) is 2. The lowest BCUT2D eigenvalue weighted by atomic mass is 9.87.